The third-order valence-corrected chi connectivity index (χ3v) is 4.40. The third-order valence-electron chi connectivity index (χ3n) is 4.40. The molecule has 3 rings (SSSR count). The fraction of sp³-hybridized carbons (Fsp3) is 0.643. The van der Waals surface area contributed by atoms with Gasteiger partial charge in [0.2, 0.25) is 0 Å². The first-order valence-corrected chi connectivity index (χ1v) is 6.69. The number of fused-ring (bicyclic) bond motifs is 1. The van der Waals surface area contributed by atoms with E-state index in [1.54, 1.807) is 12.3 Å². The van der Waals surface area contributed by atoms with Crippen molar-refractivity contribution in [1.82, 2.24) is 5.32 Å². The van der Waals surface area contributed by atoms with Gasteiger partial charge in [-0.3, -0.25) is 4.79 Å². The number of furan rings is 1. The fourth-order valence-corrected chi connectivity index (χ4v) is 3.38. The van der Waals surface area contributed by atoms with Crippen LogP contribution < -0.4 is 5.32 Å². The van der Waals surface area contributed by atoms with Gasteiger partial charge < -0.3 is 14.5 Å². The maximum atomic E-state index is 12.2. The standard InChI is InChI=1S/C14H19NO3/c1-3-9-12(11-5-7-18-13(9)11)15-14(16)10-4-6-17-8(10)2/h4,6,9,11-13H,3,5,7H2,1-2H3,(H,15,16)/t9-,11+,12-,13-/m1/s1. The second kappa shape index (κ2) is 4.43. The Kier molecular flexibility index (Phi) is 2.90. The smallest absolute Gasteiger partial charge is 0.255 e. The Balaban J connectivity index is 1.69. The molecule has 0 aromatic carbocycles. The largest absolute Gasteiger partial charge is 0.469 e. The lowest BCUT2D eigenvalue weighted by atomic mass is 9.65. The number of amides is 1. The minimum absolute atomic E-state index is 0.0185. The molecule has 1 saturated heterocycles. The molecule has 0 radical (unpaired) electrons. The summed E-state index contributed by atoms with van der Waals surface area (Å²) in [5, 5.41) is 3.15. The van der Waals surface area contributed by atoms with Gasteiger partial charge in [-0.15, -0.1) is 0 Å². The van der Waals surface area contributed by atoms with Crippen molar-refractivity contribution in [2.75, 3.05) is 6.61 Å². The highest BCUT2D eigenvalue weighted by Crippen LogP contribution is 2.45. The molecule has 1 amide bonds. The topological polar surface area (TPSA) is 51.5 Å². The number of aryl methyl sites for hydroxylation is 1. The second-order valence-electron chi connectivity index (χ2n) is 5.25. The summed E-state index contributed by atoms with van der Waals surface area (Å²) in [4.78, 5) is 12.2. The predicted octanol–water partition coefficient (Wildman–Crippen LogP) is 2.13. The number of hydrogen-bond donors (Lipinski definition) is 1. The molecule has 0 bridgehead atoms. The van der Waals surface area contributed by atoms with Crippen molar-refractivity contribution in [2.24, 2.45) is 11.8 Å². The number of hydrogen-bond acceptors (Lipinski definition) is 3. The Morgan fingerprint density at radius 1 is 1.56 bits per heavy atom. The molecule has 2 fully saturated rings. The zero-order valence-electron chi connectivity index (χ0n) is 10.8. The van der Waals surface area contributed by atoms with Crippen molar-refractivity contribution < 1.29 is 13.9 Å². The van der Waals surface area contributed by atoms with E-state index in [2.05, 4.69) is 12.2 Å². The summed E-state index contributed by atoms with van der Waals surface area (Å²) in [7, 11) is 0. The van der Waals surface area contributed by atoms with Crippen LogP contribution in [0.4, 0.5) is 0 Å². The average Bonchev–Trinajstić information content (AvgIpc) is 2.94. The number of ether oxygens (including phenoxy) is 1. The van der Waals surface area contributed by atoms with Gasteiger partial charge in [0, 0.05) is 24.5 Å². The van der Waals surface area contributed by atoms with Crippen molar-refractivity contribution in [1.29, 1.82) is 0 Å². The van der Waals surface area contributed by atoms with Crippen LogP contribution in [0.1, 0.15) is 35.9 Å². The van der Waals surface area contributed by atoms with Gasteiger partial charge in [-0.25, -0.2) is 0 Å². The van der Waals surface area contributed by atoms with Crippen molar-refractivity contribution in [2.45, 2.75) is 38.8 Å². The molecule has 1 aromatic rings. The summed E-state index contributed by atoms with van der Waals surface area (Å²) >= 11 is 0. The van der Waals surface area contributed by atoms with Crippen LogP contribution in [0.25, 0.3) is 0 Å². The SMILES string of the molecule is CC[C@@H]1[C@@H](NC(=O)c2ccoc2C)[C@@H]2CCO[C@H]12. The van der Waals surface area contributed by atoms with Crippen LogP contribution in [-0.2, 0) is 4.74 Å². The maximum absolute atomic E-state index is 12.2. The van der Waals surface area contributed by atoms with Crippen molar-refractivity contribution in [3.8, 4) is 0 Å². The molecule has 2 aliphatic rings. The third kappa shape index (κ3) is 1.67. The van der Waals surface area contributed by atoms with E-state index >= 15 is 0 Å². The summed E-state index contributed by atoms with van der Waals surface area (Å²) in [5.41, 5.74) is 0.646. The Labute approximate surface area is 107 Å². The molecular formula is C14H19NO3. The molecule has 4 atom stereocenters. The van der Waals surface area contributed by atoms with Gasteiger partial charge in [-0.05, 0) is 25.8 Å². The highest BCUT2D eigenvalue weighted by molar-refractivity contribution is 5.95. The van der Waals surface area contributed by atoms with Crippen molar-refractivity contribution in [3.63, 3.8) is 0 Å². The van der Waals surface area contributed by atoms with Gasteiger partial charge in [0.25, 0.3) is 5.91 Å². The first kappa shape index (κ1) is 11.8. The molecule has 1 aromatic heterocycles. The molecule has 98 valence electrons. The lowest BCUT2D eigenvalue weighted by Crippen LogP contribution is -2.61. The number of rotatable bonds is 3. The van der Waals surface area contributed by atoms with Crippen LogP contribution >= 0.6 is 0 Å². The van der Waals surface area contributed by atoms with Crippen LogP contribution in [0.5, 0.6) is 0 Å². The molecule has 4 heteroatoms. The minimum Gasteiger partial charge on any atom is -0.469 e. The molecule has 0 unspecified atom stereocenters. The molecule has 18 heavy (non-hydrogen) atoms. The summed E-state index contributed by atoms with van der Waals surface area (Å²) < 4.78 is 10.9. The van der Waals surface area contributed by atoms with E-state index in [1.807, 2.05) is 6.92 Å². The Morgan fingerprint density at radius 2 is 2.39 bits per heavy atom. The maximum Gasteiger partial charge on any atom is 0.255 e. The summed E-state index contributed by atoms with van der Waals surface area (Å²) in [6, 6.07) is 2.00. The zero-order valence-corrected chi connectivity index (χ0v) is 10.8. The molecule has 1 aliphatic carbocycles. The van der Waals surface area contributed by atoms with Gasteiger partial charge in [-0.1, -0.05) is 6.92 Å². The lowest BCUT2D eigenvalue weighted by Gasteiger charge is -2.47. The Hall–Kier alpha value is -1.29. The van der Waals surface area contributed by atoms with E-state index in [0.717, 1.165) is 19.4 Å². The Morgan fingerprint density at radius 3 is 3.06 bits per heavy atom. The van der Waals surface area contributed by atoms with Gasteiger partial charge in [-0.2, -0.15) is 0 Å². The average molecular weight is 249 g/mol. The number of carbonyl (C=O) groups is 1. The number of nitrogens with one attached hydrogen (secondary N) is 1. The van der Waals surface area contributed by atoms with Crippen molar-refractivity contribution in [3.05, 3.63) is 23.7 Å². The monoisotopic (exact) mass is 249 g/mol. The van der Waals surface area contributed by atoms with Gasteiger partial charge >= 0.3 is 0 Å². The highest BCUT2D eigenvalue weighted by atomic mass is 16.5. The zero-order chi connectivity index (χ0) is 12.7. The van der Waals surface area contributed by atoms with Crippen LogP contribution in [0, 0.1) is 18.8 Å². The molecule has 1 N–H and O–H groups in total. The van der Waals surface area contributed by atoms with Crippen LogP contribution in [0.15, 0.2) is 16.7 Å². The van der Waals surface area contributed by atoms with Gasteiger partial charge in [0.1, 0.15) is 5.76 Å². The van der Waals surface area contributed by atoms with E-state index in [4.69, 9.17) is 9.15 Å². The molecule has 2 heterocycles. The fourth-order valence-electron chi connectivity index (χ4n) is 3.38. The van der Waals surface area contributed by atoms with E-state index in [0.29, 0.717) is 29.3 Å². The van der Waals surface area contributed by atoms with Crippen LogP contribution in [-0.4, -0.2) is 24.7 Å². The van der Waals surface area contributed by atoms with Crippen LogP contribution in [0.2, 0.25) is 0 Å². The molecule has 0 spiro atoms. The van der Waals surface area contributed by atoms with E-state index in [-0.39, 0.29) is 11.9 Å². The van der Waals surface area contributed by atoms with E-state index in [9.17, 15) is 4.79 Å². The normalized spacial score (nSPS) is 33.9. The quantitative estimate of drug-likeness (QED) is 0.892. The van der Waals surface area contributed by atoms with Crippen molar-refractivity contribution >= 4 is 5.91 Å². The number of carbonyl (C=O) groups excluding carboxylic acids is 1. The van der Waals surface area contributed by atoms with E-state index < -0.39 is 0 Å². The van der Waals surface area contributed by atoms with Crippen LogP contribution in [0.3, 0.4) is 0 Å². The summed E-state index contributed by atoms with van der Waals surface area (Å²) in [5.74, 6) is 1.63. The predicted molar refractivity (Wildman–Crippen MR) is 66.3 cm³/mol. The van der Waals surface area contributed by atoms with Gasteiger partial charge in [0.05, 0.1) is 17.9 Å². The molecular weight excluding hydrogens is 230 g/mol. The molecule has 4 nitrogen and oxygen atoms in total. The van der Waals surface area contributed by atoms with E-state index in [1.165, 1.54) is 0 Å². The highest BCUT2D eigenvalue weighted by Gasteiger charge is 2.53. The summed E-state index contributed by atoms with van der Waals surface area (Å²) in [6.45, 7) is 4.81. The minimum atomic E-state index is -0.0185. The van der Waals surface area contributed by atoms with Gasteiger partial charge in [0.15, 0.2) is 0 Å². The molecule has 1 aliphatic heterocycles. The second-order valence-corrected chi connectivity index (χ2v) is 5.25. The first-order chi connectivity index (χ1) is 8.72. The first-order valence-electron chi connectivity index (χ1n) is 6.69. The summed E-state index contributed by atoms with van der Waals surface area (Å²) in [6.07, 6.45) is 4.04. The lowest BCUT2D eigenvalue weighted by molar-refractivity contribution is -0.0545. The Bertz CT molecular complexity index is 454. The molecule has 1 saturated carbocycles.